The van der Waals surface area contributed by atoms with Crippen LogP contribution in [0.15, 0.2) is 18.2 Å². The summed E-state index contributed by atoms with van der Waals surface area (Å²) in [6, 6.07) is 5.47. The van der Waals surface area contributed by atoms with Crippen LogP contribution in [0.2, 0.25) is 0 Å². The van der Waals surface area contributed by atoms with Gasteiger partial charge in [0.05, 0.1) is 30.0 Å². The number of unbranched alkanes of at least 4 members (excludes halogenated alkanes) is 10. The number of hydrogen-bond acceptors (Lipinski definition) is 5. The predicted molar refractivity (Wildman–Crippen MR) is 135 cm³/mol. The van der Waals surface area contributed by atoms with Crippen molar-refractivity contribution in [2.75, 3.05) is 31.2 Å². The highest BCUT2D eigenvalue weighted by atomic mass is 16.5. The van der Waals surface area contributed by atoms with Gasteiger partial charge >= 0.3 is 11.9 Å². The van der Waals surface area contributed by atoms with Crippen LogP contribution < -0.4 is 4.90 Å². The molecule has 33 heavy (non-hydrogen) atoms. The molecule has 5 heteroatoms. The van der Waals surface area contributed by atoms with Crippen LogP contribution in [0.3, 0.4) is 0 Å². The largest absolute Gasteiger partial charge is 0.462 e. The van der Waals surface area contributed by atoms with Gasteiger partial charge in [-0.25, -0.2) is 9.59 Å². The van der Waals surface area contributed by atoms with E-state index in [1.54, 1.807) is 6.07 Å². The van der Waals surface area contributed by atoms with Crippen LogP contribution in [0.1, 0.15) is 124 Å². The molecule has 5 nitrogen and oxygen atoms in total. The number of carbonyl (C=O) groups excluding carboxylic acids is 2. The quantitative estimate of drug-likeness (QED) is 0.180. The van der Waals surface area contributed by atoms with Crippen LogP contribution in [-0.4, -0.2) is 38.2 Å². The molecule has 0 radical (unpaired) electrons. The molecule has 1 aliphatic rings. The Hall–Kier alpha value is -2.04. The molecule has 1 saturated heterocycles. The minimum Gasteiger partial charge on any atom is -0.462 e. The van der Waals surface area contributed by atoms with Gasteiger partial charge in [0.1, 0.15) is 0 Å². The summed E-state index contributed by atoms with van der Waals surface area (Å²) in [5.74, 6) is -0.825. The highest BCUT2D eigenvalue weighted by molar-refractivity contribution is 6.07. The van der Waals surface area contributed by atoms with Gasteiger partial charge < -0.3 is 14.4 Å². The second-order valence-electron chi connectivity index (χ2n) is 9.20. The van der Waals surface area contributed by atoms with Gasteiger partial charge in [-0.15, -0.1) is 0 Å². The normalized spacial score (nSPS) is 13.3. The van der Waals surface area contributed by atoms with E-state index in [9.17, 15) is 9.59 Å². The van der Waals surface area contributed by atoms with Gasteiger partial charge in [0, 0.05) is 13.1 Å². The molecule has 1 aromatic rings. The van der Waals surface area contributed by atoms with E-state index in [0.717, 1.165) is 57.3 Å². The molecule has 0 spiro atoms. The van der Waals surface area contributed by atoms with Crippen LogP contribution in [-0.2, 0) is 9.47 Å². The van der Waals surface area contributed by atoms with E-state index in [1.807, 2.05) is 12.1 Å². The topological polar surface area (TPSA) is 55.8 Å². The summed E-state index contributed by atoms with van der Waals surface area (Å²) in [7, 11) is 0. The number of esters is 2. The Kier molecular flexibility index (Phi) is 13.6. The molecule has 0 unspecified atom stereocenters. The van der Waals surface area contributed by atoms with Crippen LogP contribution in [0.5, 0.6) is 0 Å². The number of benzene rings is 1. The van der Waals surface area contributed by atoms with Gasteiger partial charge in [-0.2, -0.15) is 0 Å². The van der Waals surface area contributed by atoms with Crippen LogP contribution >= 0.6 is 0 Å². The van der Waals surface area contributed by atoms with Gasteiger partial charge in [-0.05, 0) is 37.8 Å². The van der Waals surface area contributed by atoms with Crippen LogP contribution in [0.4, 0.5) is 5.69 Å². The molecule has 186 valence electrons. The van der Waals surface area contributed by atoms with E-state index < -0.39 is 11.9 Å². The van der Waals surface area contributed by atoms with Crippen molar-refractivity contribution >= 4 is 17.6 Å². The van der Waals surface area contributed by atoms with Crippen molar-refractivity contribution in [3.8, 4) is 0 Å². The molecule has 1 aromatic carbocycles. The van der Waals surface area contributed by atoms with E-state index in [-0.39, 0.29) is 0 Å². The molecule has 0 saturated carbocycles. The Morgan fingerprint density at radius 2 is 1.24 bits per heavy atom. The number of carbonyl (C=O) groups is 2. The van der Waals surface area contributed by atoms with Crippen LogP contribution in [0, 0.1) is 0 Å². The molecular weight excluding hydrogens is 414 g/mol. The Bertz CT molecular complexity index is 697. The number of nitrogens with zero attached hydrogens (tertiary/aromatic N) is 1. The summed E-state index contributed by atoms with van der Waals surface area (Å²) >= 11 is 0. The van der Waals surface area contributed by atoms with Gasteiger partial charge in [-0.1, -0.05) is 84.1 Å². The Balaban J connectivity index is 1.96. The summed E-state index contributed by atoms with van der Waals surface area (Å²) in [5, 5.41) is 0. The average Bonchev–Trinajstić information content (AvgIpc) is 3.37. The first-order valence-corrected chi connectivity index (χ1v) is 13.4. The van der Waals surface area contributed by atoms with Crippen molar-refractivity contribution in [1.29, 1.82) is 0 Å². The Labute approximate surface area is 201 Å². The van der Waals surface area contributed by atoms with Gasteiger partial charge in [0.2, 0.25) is 0 Å². The van der Waals surface area contributed by atoms with Crippen molar-refractivity contribution in [2.24, 2.45) is 0 Å². The van der Waals surface area contributed by atoms with Gasteiger partial charge in [0.15, 0.2) is 0 Å². The number of ether oxygens (including phenoxy) is 2. The third kappa shape index (κ3) is 9.77. The zero-order valence-corrected chi connectivity index (χ0v) is 21.0. The third-order valence-electron chi connectivity index (χ3n) is 6.38. The maximum absolute atomic E-state index is 13.1. The molecule has 0 atom stereocenters. The fourth-order valence-electron chi connectivity index (χ4n) is 4.39. The molecule has 1 aliphatic heterocycles. The summed E-state index contributed by atoms with van der Waals surface area (Å²) in [4.78, 5) is 28.2. The lowest BCUT2D eigenvalue weighted by Gasteiger charge is -2.22. The minimum absolute atomic E-state index is 0.332. The first-order chi connectivity index (χ1) is 16.2. The maximum Gasteiger partial charge on any atom is 0.341 e. The summed E-state index contributed by atoms with van der Waals surface area (Å²) < 4.78 is 11.2. The summed E-state index contributed by atoms with van der Waals surface area (Å²) in [5.41, 5.74) is 1.51. The van der Waals surface area contributed by atoms with E-state index in [4.69, 9.17) is 9.47 Å². The summed E-state index contributed by atoms with van der Waals surface area (Å²) in [6.45, 7) is 6.99. The zero-order valence-electron chi connectivity index (χ0n) is 21.0. The molecule has 0 aromatic heterocycles. The number of hydrogen-bond donors (Lipinski definition) is 0. The molecule has 0 bridgehead atoms. The number of anilines is 1. The van der Waals surface area contributed by atoms with Crippen molar-refractivity contribution in [2.45, 2.75) is 104 Å². The zero-order chi connectivity index (χ0) is 23.7. The highest BCUT2D eigenvalue weighted by Gasteiger charge is 2.27. The number of rotatable bonds is 17. The lowest BCUT2D eigenvalue weighted by Crippen LogP contribution is -2.24. The molecular formula is C28H45NO4. The highest BCUT2D eigenvalue weighted by Crippen LogP contribution is 2.29. The molecule has 0 aliphatic carbocycles. The average molecular weight is 460 g/mol. The van der Waals surface area contributed by atoms with E-state index in [0.29, 0.717) is 24.3 Å². The second kappa shape index (κ2) is 16.6. The predicted octanol–water partition coefficient (Wildman–Crippen LogP) is 7.32. The lowest BCUT2D eigenvalue weighted by atomic mass is 10.0. The first-order valence-electron chi connectivity index (χ1n) is 13.4. The summed E-state index contributed by atoms with van der Waals surface area (Å²) in [6.07, 6.45) is 15.8. The minimum atomic E-state index is -0.420. The third-order valence-corrected chi connectivity index (χ3v) is 6.38. The van der Waals surface area contributed by atoms with Crippen molar-refractivity contribution < 1.29 is 19.1 Å². The smallest absolute Gasteiger partial charge is 0.341 e. The van der Waals surface area contributed by atoms with Crippen molar-refractivity contribution in [3.05, 3.63) is 29.3 Å². The SMILES string of the molecule is CCCCCCCCOC(=O)c1cccc(N2CCCC2)c1C(=O)OCCCCCCCC. The van der Waals surface area contributed by atoms with E-state index >= 15 is 0 Å². The fourth-order valence-corrected chi connectivity index (χ4v) is 4.39. The fraction of sp³-hybridized carbons (Fsp3) is 0.714. The van der Waals surface area contributed by atoms with E-state index in [1.165, 1.54) is 51.4 Å². The lowest BCUT2D eigenvalue weighted by molar-refractivity contribution is 0.0451. The molecule has 0 N–H and O–H groups in total. The van der Waals surface area contributed by atoms with Crippen molar-refractivity contribution in [1.82, 2.24) is 0 Å². The first kappa shape index (κ1) is 27.2. The Morgan fingerprint density at radius 1 is 0.727 bits per heavy atom. The molecule has 0 amide bonds. The van der Waals surface area contributed by atoms with Crippen LogP contribution in [0.25, 0.3) is 0 Å². The standard InChI is InChI=1S/C28H45NO4/c1-3-5-7-9-11-15-22-32-27(30)24-18-17-19-25(29-20-13-14-21-29)26(24)28(31)33-23-16-12-10-8-6-4-2/h17-19H,3-16,20-23H2,1-2H3. The monoisotopic (exact) mass is 459 g/mol. The van der Waals surface area contributed by atoms with Crippen molar-refractivity contribution in [3.63, 3.8) is 0 Å². The van der Waals surface area contributed by atoms with Gasteiger partial charge in [-0.3, -0.25) is 0 Å². The second-order valence-corrected chi connectivity index (χ2v) is 9.20. The van der Waals surface area contributed by atoms with E-state index in [2.05, 4.69) is 18.7 Å². The Morgan fingerprint density at radius 3 is 1.82 bits per heavy atom. The molecule has 1 fully saturated rings. The van der Waals surface area contributed by atoms with Gasteiger partial charge in [0.25, 0.3) is 0 Å². The molecule has 2 rings (SSSR count). The molecule has 1 heterocycles. The maximum atomic E-state index is 13.1.